The molecule has 0 spiro atoms. The minimum atomic E-state index is 0.142. The summed E-state index contributed by atoms with van der Waals surface area (Å²) in [6.45, 7) is 4.48. The van der Waals surface area contributed by atoms with E-state index in [-0.39, 0.29) is 11.8 Å². The number of piperidine rings is 1. The van der Waals surface area contributed by atoms with E-state index < -0.39 is 0 Å². The summed E-state index contributed by atoms with van der Waals surface area (Å²) >= 11 is 0. The van der Waals surface area contributed by atoms with Gasteiger partial charge in [0.15, 0.2) is 0 Å². The van der Waals surface area contributed by atoms with Gasteiger partial charge in [0.1, 0.15) is 11.5 Å². The van der Waals surface area contributed by atoms with Gasteiger partial charge in [-0.3, -0.25) is 9.69 Å². The molecule has 1 fully saturated rings. The highest BCUT2D eigenvalue weighted by molar-refractivity contribution is 5.78. The molecule has 0 unspecified atom stereocenters. The second-order valence-corrected chi connectivity index (χ2v) is 7.18. The number of hydrogen-bond acceptors (Lipinski definition) is 5. The Morgan fingerprint density at radius 3 is 2.58 bits per heavy atom. The van der Waals surface area contributed by atoms with Gasteiger partial charge in [-0.15, -0.1) is 0 Å². The third kappa shape index (κ3) is 6.18. The molecule has 2 rings (SSSR count). The van der Waals surface area contributed by atoms with Crippen LogP contribution in [0.1, 0.15) is 24.8 Å². The number of carbonyl (C=O) groups excluding carboxylic acids is 1. The van der Waals surface area contributed by atoms with Gasteiger partial charge in [0, 0.05) is 30.6 Å². The van der Waals surface area contributed by atoms with Crippen LogP contribution in [0.5, 0.6) is 11.5 Å². The Hall–Kier alpha value is -1.79. The first-order chi connectivity index (χ1) is 12.5. The normalized spacial score (nSPS) is 15.9. The van der Waals surface area contributed by atoms with E-state index in [4.69, 9.17) is 9.47 Å². The van der Waals surface area contributed by atoms with E-state index >= 15 is 0 Å². The molecule has 6 nitrogen and oxygen atoms in total. The van der Waals surface area contributed by atoms with E-state index in [2.05, 4.69) is 35.3 Å². The highest BCUT2D eigenvalue weighted by atomic mass is 16.5. The Morgan fingerprint density at radius 1 is 1.23 bits per heavy atom. The summed E-state index contributed by atoms with van der Waals surface area (Å²) in [6.07, 6.45) is 2.82. The number of hydrogen-bond donors (Lipinski definition) is 1. The predicted molar refractivity (Wildman–Crippen MR) is 104 cm³/mol. The lowest BCUT2D eigenvalue weighted by atomic mass is 9.95. The molecule has 1 aromatic rings. The van der Waals surface area contributed by atoms with Gasteiger partial charge in [0.05, 0.1) is 14.2 Å². The minimum Gasteiger partial charge on any atom is -0.497 e. The fraction of sp³-hybridized carbons (Fsp3) is 0.650. The van der Waals surface area contributed by atoms with E-state index in [1.54, 1.807) is 14.2 Å². The number of nitrogens with zero attached hydrogens (tertiary/aromatic N) is 2. The molecule has 1 aliphatic rings. The lowest BCUT2D eigenvalue weighted by Gasteiger charge is -2.31. The summed E-state index contributed by atoms with van der Waals surface area (Å²) in [5.74, 6) is 2.01. The average molecular weight is 364 g/mol. The lowest BCUT2D eigenvalue weighted by molar-refractivity contribution is -0.126. The molecule has 0 aliphatic carbocycles. The lowest BCUT2D eigenvalue weighted by Crippen LogP contribution is -2.40. The molecule has 0 radical (unpaired) electrons. The Labute approximate surface area is 157 Å². The zero-order chi connectivity index (χ0) is 18.9. The van der Waals surface area contributed by atoms with E-state index in [1.165, 1.54) is 0 Å². The maximum atomic E-state index is 12.3. The van der Waals surface area contributed by atoms with Gasteiger partial charge in [-0.1, -0.05) is 6.07 Å². The van der Waals surface area contributed by atoms with Gasteiger partial charge in [-0.05, 0) is 59.1 Å². The maximum absolute atomic E-state index is 12.3. The van der Waals surface area contributed by atoms with E-state index in [0.29, 0.717) is 0 Å². The van der Waals surface area contributed by atoms with Crippen molar-refractivity contribution in [2.45, 2.75) is 25.8 Å². The van der Waals surface area contributed by atoms with E-state index in [9.17, 15) is 4.79 Å². The first-order valence-electron chi connectivity index (χ1n) is 9.39. The topological polar surface area (TPSA) is 54.0 Å². The van der Waals surface area contributed by atoms with Crippen LogP contribution in [-0.4, -0.2) is 70.2 Å². The van der Waals surface area contributed by atoms with Crippen LogP contribution in [0.3, 0.4) is 0 Å². The standard InChI is InChI=1S/C20H33N3O3/c1-22(2)11-5-10-21-20(24)16-8-12-23(13-9-16)15-17-6-7-18(25-3)14-19(17)26-4/h6-7,14,16H,5,8-13,15H2,1-4H3,(H,21,24). The van der Waals surface area contributed by atoms with Crippen molar-refractivity contribution in [3.8, 4) is 11.5 Å². The molecular formula is C20H33N3O3. The van der Waals surface area contributed by atoms with Crippen molar-refractivity contribution in [3.63, 3.8) is 0 Å². The molecule has 1 saturated heterocycles. The fourth-order valence-electron chi connectivity index (χ4n) is 3.33. The first-order valence-corrected chi connectivity index (χ1v) is 9.39. The SMILES string of the molecule is COc1ccc(CN2CCC(C(=O)NCCCN(C)C)CC2)c(OC)c1. The third-order valence-electron chi connectivity index (χ3n) is 4.93. The van der Waals surface area contributed by atoms with Crippen LogP contribution >= 0.6 is 0 Å². The van der Waals surface area contributed by atoms with Crippen LogP contribution in [0.15, 0.2) is 18.2 Å². The Bertz CT molecular complexity index is 569. The van der Waals surface area contributed by atoms with Gasteiger partial charge >= 0.3 is 0 Å². The van der Waals surface area contributed by atoms with Crippen LogP contribution in [0.2, 0.25) is 0 Å². The zero-order valence-electron chi connectivity index (χ0n) is 16.6. The predicted octanol–water partition coefficient (Wildman–Crippen LogP) is 1.98. The molecule has 0 atom stereocenters. The minimum absolute atomic E-state index is 0.142. The fourth-order valence-corrected chi connectivity index (χ4v) is 3.33. The molecule has 1 heterocycles. The number of likely N-dealkylation sites (tertiary alicyclic amines) is 1. The van der Waals surface area contributed by atoms with Crippen LogP contribution < -0.4 is 14.8 Å². The van der Waals surface area contributed by atoms with Crippen molar-refractivity contribution in [1.82, 2.24) is 15.1 Å². The number of rotatable bonds is 9. The molecule has 0 bridgehead atoms. The number of carbonyl (C=O) groups is 1. The van der Waals surface area contributed by atoms with Crippen molar-refractivity contribution in [2.24, 2.45) is 5.92 Å². The van der Waals surface area contributed by atoms with Gasteiger partial charge in [-0.2, -0.15) is 0 Å². The molecule has 1 amide bonds. The van der Waals surface area contributed by atoms with E-state index in [0.717, 1.165) is 69.0 Å². The summed E-state index contributed by atoms with van der Waals surface area (Å²) in [5, 5.41) is 3.09. The van der Waals surface area contributed by atoms with Crippen LogP contribution in [-0.2, 0) is 11.3 Å². The highest BCUT2D eigenvalue weighted by Gasteiger charge is 2.25. The van der Waals surface area contributed by atoms with Crippen molar-refractivity contribution in [1.29, 1.82) is 0 Å². The largest absolute Gasteiger partial charge is 0.497 e. The summed E-state index contributed by atoms with van der Waals surface area (Å²) in [7, 11) is 7.45. The first kappa shape index (κ1) is 20.5. The van der Waals surface area contributed by atoms with Gasteiger partial charge in [0.2, 0.25) is 5.91 Å². The molecule has 6 heteroatoms. The molecular weight excluding hydrogens is 330 g/mol. The molecule has 1 aromatic carbocycles. The van der Waals surface area contributed by atoms with Gasteiger partial charge in [0.25, 0.3) is 0 Å². The molecule has 1 N–H and O–H groups in total. The molecule has 26 heavy (non-hydrogen) atoms. The second-order valence-electron chi connectivity index (χ2n) is 7.18. The van der Waals surface area contributed by atoms with Crippen molar-refractivity contribution < 1.29 is 14.3 Å². The Morgan fingerprint density at radius 2 is 1.96 bits per heavy atom. The number of methoxy groups -OCH3 is 2. The van der Waals surface area contributed by atoms with Gasteiger partial charge in [-0.25, -0.2) is 0 Å². The smallest absolute Gasteiger partial charge is 0.223 e. The van der Waals surface area contributed by atoms with Crippen LogP contribution in [0, 0.1) is 5.92 Å². The van der Waals surface area contributed by atoms with E-state index in [1.807, 2.05) is 12.1 Å². The third-order valence-corrected chi connectivity index (χ3v) is 4.93. The van der Waals surface area contributed by atoms with Crippen LogP contribution in [0.25, 0.3) is 0 Å². The highest BCUT2D eigenvalue weighted by Crippen LogP contribution is 2.27. The van der Waals surface area contributed by atoms with Crippen molar-refractivity contribution in [3.05, 3.63) is 23.8 Å². The van der Waals surface area contributed by atoms with Crippen LogP contribution in [0.4, 0.5) is 0 Å². The quantitative estimate of drug-likeness (QED) is 0.680. The second kappa shape index (κ2) is 10.4. The molecule has 146 valence electrons. The molecule has 0 saturated carbocycles. The summed E-state index contributed by atoms with van der Waals surface area (Å²) < 4.78 is 10.7. The zero-order valence-corrected chi connectivity index (χ0v) is 16.6. The maximum Gasteiger partial charge on any atom is 0.223 e. The Kier molecular flexibility index (Phi) is 8.19. The number of benzene rings is 1. The average Bonchev–Trinajstić information content (AvgIpc) is 2.65. The molecule has 0 aromatic heterocycles. The van der Waals surface area contributed by atoms with Crippen molar-refractivity contribution in [2.75, 3.05) is 54.5 Å². The van der Waals surface area contributed by atoms with Gasteiger partial charge < -0.3 is 19.7 Å². The number of nitrogens with one attached hydrogen (secondary N) is 1. The number of amides is 1. The Balaban J connectivity index is 1.77. The summed E-state index contributed by atoms with van der Waals surface area (Å²) in [6, 6.07) is 5.94. The summed E-state index contributed by atoms with van der Waals surface area (Å²) in [5.41, 5.74) is 1.15. The monoisotopic (exact) mass is 363 g/mol. The number of ether oxygens (including phenoxy) is 2. The molecule has 1 aliphatic heterocycles. The van der Waals surface area contributed by atoms with Crippen molar-refractivity contribution >= 4 is 5.91 Å². The summed E-state index contributed by atoms with van der Waals surface area (Å²) in [4.78, 5) is 16.8.